The van der Waals surface area contributed by atoms with Crippen molar-refractivity contribution in [1.82, 2.24) is 0 Å². The van der Waals surface area contributed by atoms with E-state index in [1.54, 1.807) is 24.9 Å². The number of halogens is 2. The molecular formula is C28H32Cl2SiZr. The third kappa shape index (κ3) is 10.8. The van der Waals surface area contributed by atoms with Gasteiger partial charge in [0.05, 0.1) is 0 Å². The Morgan fingerprint density at radius 2 is 1.00 bits per heavy atom. The Morgan fingerprint density at radius 1 is 0.625 bits per heavy atom. The number of hydrogen-bond donors (Lipinski definition) is 0. The second kappa shape index (κ2) is 17.5. The minimum absolute atomic E-state index is 0. The molecule has 32 heavy (non-hydrogen) atoms. The van der Waals surface area contributed by atoms with Crippen LogP contribution in [-0.2, 0) is 26.2 Å². The third-order valence-corrected chi connectivity index (χ3v) is 7.44. The first-order chi connectivity index (χ1) is 14.2. The number of rotatable bonds is 2. The molecular weight excluding hydrogens is 527 g/mol. The van der Waals surface area contributed by atoms with Crippen LogP contribution in [0.5, 0.6) is 0 Å². The molecule has 0 unspecified atom stereocenters. The van der Waals surface area contributed by atoms with Crippen LogP contribution in [0, 0.1) is 12.2 Å². The normalized spacial score (nSPS) is 15.6. The summed E-state index contributed by atoms with van der Waals surface area (Å²) in [6.45, 7) is 4.19. The second-order valence-corrected chi connectivity index (χ2v) is 10.0. The van der Waals surface area contributed by atoms with Crippen molar-refractivity contribution in [2.24, 2.45) is 0 Å². The first-order valence-electron chi connectivity index (χ1n) is 10.9. The van der Waals surface area contributed by atoms with Gasteiger partial charge >= 0.3 is 26.2 Å². The van der Waals surface area contributed by atoms with E-state index in [1.807, 2.05) is 12.1 Å². The van der Waals surface area contributed by atoms with Gasteiger partial charge in [-0.25, -0.2) is 23.3 Å². The van der Waals surface area contributed by atoms with Gasteiger partial charge < -0.3 is 24.8 Å². The van der Waals surface area contributed by atoms with Gasteiger partial charge in [-0.15, -0.1) is 24.0 Å². The fourth-order valence-electron chi connectivity index (χ4n) is 3.76. The zero-order valence-corrected chi connectivity index (χ0v) is 24.5. The Hall–Kier alpha value is -0.920. The van der Waals surface area contributed by atoms with Gasteiger partial charge in [-0.2, -0.15) is 0 Å². The molecule has 1 aliphatic heterocycles. The summed E-state index contributed by atoms with van der Waals surface area (Å²) in [5.74, 6) is 0. The molecule has 2 aromatic carbocycles. The Kier molecular flexibility index (Phi) is 17.0. The smallest absolute Gasteiger partial charge is 1.00 e. The minimum atomic E-state index is 0. The largest absolute Gasteiger partial charge is 4.00 e. The average Bonchev–Trinajstić information content (AvgIpc) is 3.54. The van der Waals surface area contributed by atoms with E-state index in [0.29, 0.717) is 9.52 Å². The Morgan fingerprint density at radius 3 is 1.25 bits per heavy atom. The molecule has 0 N–H and O–H groups in total. The maximum atomic E-state index is 3.29. The van der Waals surface area contributed by atoms with Crippen LogP contribution in [0.1, 0.15) is 50.7 Å². The molecule has 1 fully saturated rings. The van der Waals surface area contributed by atoms with E-state index >= 15 is 0 Å². The van der Waals surface area contributed by atoms with Gasteiger partial charge in [-0.3, -0.25) is 12.2 Å². The van der Waals surface area contributed by atoms with Crippen LogP contribution in [0.4, 0.5) is 0 Å². The van der Waals surface area contributed by atoms with Crippen molar-refractivity contribution < 1.29 is 51.0 Å². The molecule has 0 radical (unpaired) electrons. The molecule has 0 saturated carbocycles. The second-order valence-electron chi connectivity index (χ2n) is 7.91. The summed E-state index contributed by atoms with van der Waals surface area (Å²) in [7, 11) is 0.543. The van der Waals surface area contributed by atoms with Crippen LogP contribution < -0.4 is 24.8 Å². The standard InChI is InChI=1S/2C12H11.C4H10Si.2ClH.Zr/c2*1-10-7-8-12(9-10)11-5-3-2-4-6-11;1-2-4-5-3-1;;;/h2*2-6,9H,8H2,1H3;1-5H2;2*1H;/q2*-1;;;;+4/p-2. The average molecular weight is 559 g/mol. The van der Waals surface area contributed by atoms with Crippen LogP contribution in [-0.4, -0.2) is 9.52 Å². The van der Waals surface area contributed by atoms with Crippen LogP contribution in [0.3, 0.4) is 0 Å². The summed E-state index contributed by atoms with van der Waals surface area (Å²) >= 11 is 0. The van der Waals surface area contributed by atoms with E-state index < -0.39 is 0 Å². The van der Waals surface area contributed by atoms with Crippen molar-refractivity contribution in [3.05, 3.63) is 107 Å². The van der Waals surface area contributed by atoms with Crippen molar-refractivity contribution >= 4 is 20.7 Å². The van der Waals surface area contributed by atoms with Crippen LogP contribution in [0.15, 0.2) is 84.0 Å². The monoisotopic (exact) mass is 556 g/mol. The molecule has 2 aromatic rings. The number of benzene rings is 2. The SMILES string of the molecule is C1CC[SiH2]C1.CC1=[C-]CC(c2ccccc2)=C1.CC1=[C-]CC(c2ccccc2)=C1.[Cl-].[Cl-].[Zr+4]. The van der Waals surface area contributed by atoms with Crippen LogP contribution in [0.2, 0.25) is 12.1 Å². The minimum Gasteiger partial charge on any atom is -1.00 e. The van der Waals surface area contributed by atoms with E-state index in [2.05, 4.69) is 86.7 Å². The molecule has 2 aliphatic carbocycles. The van der Waals surface area contributed by atoms with Crippen LogP contribution >= 0.6 is 0 Å². The van der Waals surface area contributed by atoms with Crippen molar-refractivity contribution in [3.8, 4) is 0 Å². The maximum Gasteiger partial charge on any atom is 4.00 e. The molecule has 1 saturated heterocycles. The van der Waals surface area contributed by atoms with Crippen LogP contribution in [0.25, 0.3) is 11.1 Å². The number of hydrogen-bond acceptors (Lipinski definition) is 0. The molecule has 0 amide bonds. The topological polar surface area (TPSA) is 0 Å². The fraction of sp³-hybridized carbons (Fsp3) is 0.286. The van der Waals surface area contributed by atoms with E-state index in [9.17, 15) is 0 Å². The fourth-order valence-corrected chi connectivity index (χ4v) is 5.52. The van der Waals surface area contributed by atoms with Gasteiger partial charge in [-0.05, 0) is 11.1 Å². The Labute approximate surface area is 229 Å². The summed E-state index contributed by atoms with van der Waals surface area (Å²) in [6, 6.07) is 24.2. The van der Waals surface area contributed by atoms with Gasteiger partial charge in [0.25, 0.3) is 0 Å². The first kappa shape index (κ1) is 31.1. The Bertz CT molecular complexity index is 816. The molecule has 4 heteroatoms. The van der Waals surface area contributed by atoms with Crippen molar-refractivity contribution in [2.75, 3.05) is 0 Å². The summed E-state index contributed by atoms with van der Waals surface area (Å²) in [6.07, 6.45) is 16.1. The molecule has 0 nitrogen and oxygen atoms in total. The van der Waals surface area contributed by atoms with Gasteiger partial charge in [0.1, 0.15) is 0 Å². The van der Waals surface area contributed by atoms with E-state index in [4.69, 9.17) is 0 Å². The first-order valence-corrected chi connectivity index (χ1v) is 12.9. The molecule has 1 heterocycles. The third-order valence-electron chi connectivity index (χ3n) is 5.44. The van der Waals surface area contributed by atoms with Gasteiger partial charge in [0.2, 0.25) is 0 Å². The molecule has 0 atom stereocenters. The summed E-state index contributed by atoms with van der Waals surface area (Å²) < 4.78 is 0. The van der Waals surface area contributed by atoms with Crippen molar-refractivity contribution in [3.63, 3.8) is 0 Å². The van der Waals surface area contributed by atoms with Crippen molar-refractivity contribution in [1.29, 1.82) is 0 Å². The maximum absolute atomic E-state index is 3.29. The van der Waals surface area contributed by atoms with Crippen molar-refractivity contribution in [2.45, 2.75) is 51.6 Å². The molecule has 0 spiro atoms. The zero-order valence-electron chi connectivity index (χ0n) is 19.1. The van der Waals surface area contributed by atoms with E-state index in [-0.39, 0.29) is 51.0 Å². The summed E-state index contributed by atoms with van der Waals surface area (Å²) in [5.41, 5.74) is 7.92. The Balaban J connectivity index is 0.000000460. The van der Waals surface area contributed by atoms with Gasteiger partial charge in [-0.1, -0.05) is 99.4 Å². The predicted molar refractivity (Wildman–Crippen MR) is 130 cm³/mol. The molecule has 0 bridgehead atoms. The zero-order chi connectivity index (χ0) is 20.3. The quantitative estimate of drug-likeness (QED) is 0.385. The molecule has 166 valence electrons. The summed E-state index contributed by atoms with van der Waals surface area (Å²) in [4.78, 5) is 0. The molecule has 0 aromatic heterocycles. The predicted octanol–water partition coefficient (Wildman–Crippen LogP) is 1.24. The molecule has 3 aliphatic rings. The number of allylic oxidation sites excluding steroid dienone is 8. The summed E-state index contributed by atoms with van der Waals surface area (Å²) in [5, 5.41) is 0. The van der Waals surface area contributed by atoms with Gasteiger partial charge in [0, 0.05) is 9.52 Å². The van der Waals surface area contributed by atoms with E-state index in [1.165, 1.54) is 33.4 Å². The van der Waals surface area contributed by atoms with E-state index in [0.717, 1.165) is 12.8 Å². The molecule has 5 rings (SSSR count). The van der Waals surface area contributed by atoms with Gasteiger partial charge in [0.15, 0.2) is 0 Å².